The van der Waals surface area contributed by atoms with Crippen molar-refractivity contribution >= 4 is 0 Å². The van der Waals surface area contributed by atoms with Crippen LogP contribution in [0.3, 0.4) is 0 Å². The van der Waals surface area contributed by atoms with E-state index in [2.05, 4.69) is 18.7 Å². The van der Waals surface area contributed by atoms with E-state index >= 15 is 0 Å². The van der Waals surface area contributed by atoms with Crippen LogP contribution in [0.4, 0.5) is 4.39 Å². The fourth-order valence-electron chi connectivity index (χ4n) is 4.98. The molecular formula is C23H28FNO2. The summed E-state index contributed by atoms with van der Waals surface area (Å²) < 4.78 is 19.2. The van der Waals surface area contributed by atoms with E-state index in [4.69, 9.17) is 4.74 Å². The predicted molar refractivity (Wildman–Crippen MR) is 105 cm³/mol. The molecule has 1 unspecified atom stereocenters. The van der Waals surface area contributed by atoms with Crippen LogP contribution in [0.1, 0.15) is 38.2 Å². The van der Waals surface area contributed by atoms with Crippen molar-refractivity contribution in [2.24, 2.45) is 11.3 Å². The molecule has 4 heteroatoms. The molecule has 3 nitrogen and oxygen atoms in total. The van der Waals surface area contributed by atoms with Gasteiger partial charge in [0, 0.05) is 19.6 Å². The maximum atomic E-state index is 13.1. The van der Waals surface area contributed by atoms with Crippen LogP contribution in [0.2, 0.25) is 0 Å². The number of aromatic hydroxyl groups is 1. The lowest BCUT2D eigenvalue weighted by Crippen LogP contribution is -2.30. The second-order valence-electron chi connectivity index (χ2n) is 8.67. The SMILES string of the molecule is CC(CN1C[C@H]2C[C@H](Oc3ccc(F)cc3)C[C@@]2(C)C1)c1ccc(O)cc1. The van der Waals surface area contributed by atoms with Crippen molar-refractivity contribution in [1.82, 2.24) is 4.90 Å². The van der Waals surface area contributed by atoms with E-state index in [-0.39, 0.29) is 11.9 Å². The Morgan fingerprint density at radius 2 is 1.89 bits per heavy atom. The third-order valence-electron chi connectivity index (χ3n) is 6.40. The van der Waals surface area contributed by atoms with E-state index in [1.807, 2.05) is 12.1 Å². The Kier molecular flexibility index (Phi) is 4.85. The van der Waals surface area contributed by atoms with Crippen molar-refractivity contribution in [3.63, 3.8) is 0 Å². The number of phenols is 1. The quantitative estimate of drug-likeness (QED) is 0.821. The summed E-state index contributed by atoms with van der Waals surface area (Å²) in [7, 11) is 0. The molecule has 2 aliphatic rings. The summed E-state index contributed by atoms with van der Waals surface area (Å²) in [5.74, 6) is 1.95. The molecule has 0 aromatic heterocycles. The first-order valence-electron chi connectivity index (χ1n) is 9.85. The Bertz CT molecular complexity index is 776. The van der Waals surface area contributed by atoms with Gasteiger partial charge in [-0.3, -0.25) is 0 Å². The molecule has 0 amide bonds. The Labute approximate surface area is 160 Å². The van der Waals surface area contributed by atoms with Crippen molar-refractivity contribution in [3.05, 3.63) is 59.9 Å². The molecule has 2 aromatic carbocycles. The third-order valence-corrected chi connectivity index (χ3v) is 6.40. The van der Waals surface area contributed by atoms with Crippen LogP contribution < -0.4 is 4.74 Å². The van der Waals surface area contributed by atoms with Crippen molar-refractivity contribution < 1.29 is 14.2 Å². The molecule has 0 radical (unpaired) electrons. The molecule has 1 aliphatic heterocycles. The minimum atomic E-state index is -0.226. The molecule has 0 bridgehead atoms. The maximum Gasteiger partial charge on any atom is 0.123 e. The van der Waals surface area contributed by atoms with Crippen LogP contribution in [-0.4, -0.2) is 35.7 Å². The molecule has 0 spiro atoms. The Hall–Kier alpha value is -2.07. The Morgan fingerprint density at radius 3 is 2.56 bits per heavy atom. The second-order valence-corrected chi connectivity index (χ2v) is 8.67. The molecule has 27 heavy (non-hydrogen) atoms. The molecule has 1 aliphatic carbocycles. The van der Waals surface area contributed by atoms with Gasteiger partial charge in [0.05, 0.1) is 6.10 Å². The average Bonchev–Trinajstić information content (AvgIpc) is 3.07. The highest BCUT2D eigenvalue weighted by Crippen LogP contribution is 2.49. The molecule has 1 heterocycles. The van der Waals surface area contributed by atoms with Crippen molar-refractivity contribution in [3.8, 4) is 11.5 Å². The van der Waals surface area contributed by atoms with Crippen LogP contribution >= 0.6 is 0 Å². The van der Waals surface area contributed by atoms with Crippen LogP contribution in [0, 0.1) is 17.2 Å². The molecule has 1 saturated heterocycles. The zero-order chi connectivity index (χ0) is 19.0. The first kappa shape index (κ1) is 18.3. The van der Waals surface area contributed by atoms with E-state index < -0.39 is 0 Å². The molecule has 4 atom stereocenters. The minimum Gasteiger partial charge on any atom is -0.508 e. The summed E-state index contributed by atoms with van der Waals surface area (Å²) >= 11 is 0. The van der Waals surface area contributed by atoms with Gasteiger partial charge < -0.3 is 14.7 Å². The molecule has 1 N–H and O–H groups in total. The van der Waals surface area contributed by atoms with E-state index in [1.165, 1.54) is 17.7 Å². The van der Waals surface area contributed by atoms with Gasteiger partial charge >= 0.3 is 0 Å². The first-order valence-corrected chi connectivity index (χ1v) is 9.85. The predicted octanol–water partition coefficient (Wildman–Crippen LogP) is 4.81. The van der Waals surface area contributed by atoms with Gasteiger partial charge in [-0.2, -0.15) is 0 Å². The normalized spacial score (nSPS) is 28.9. The second kappa shape index (κ2) is 7.16. The van der Waals surface area contributed by atoms with E-state index in [0.29, 0.717) is 23.0 Å². The molecule has 144 valence electrons. The highest BCUT2D eigenvalue weighted by molar-refractivity contribution is 5.28. The Morgan fingerprint density at radius 1 is 1.19 bits per heavy atom. The fourth-order valence-corrected chi connectivity index (χ4v) is 4.98. The van der Waals surface area contributed by atoms with Crippen LogP contribution in [0.25, 0.3) is 0 Å². The zero-order valence-corrected chi connectivity index (χ0v) is 16.1. The standard InChI is InChI=1S/C23H28FNO2/c1-16(17-3-7-20(26)8-4-17)13-25-14-18-11-22(12-23(18,2)15-25)27-21-9-5-19(24)6-10-21/h3-10,16,18,22,26H,11-15H2,1-2H3/t16?,18-,22+,23+/m1/s1. The van der Waals surface area contributed by atoms with E-state index in [0.717, 1.165) is 38.2 Å². The van der Waals surface area contributed by atoms with Crippen molar-refractivity contribution in [2.75, 3.05) is 19.6 Å². The minimum absolute atomic E-state index is 0.224. The van der Waals surface area contributed by atoms with Crippen molar-refractivity contribution in [2.45, 2.75) is 38.7 Å². The highest BCUT2D eigenvalue weighted by atomic mass is 19.1. The number of nitrogens with zero attached hydrogens (tertiary/aromatic N) is 1. The summed E-state index contributed by atoms with van der Waals surface area (Å²) in [4.78, 5) is 2.58. The topological polar surface area (TPSA) is 32.7 Å². The fraction of sp³-hybridized carbons (Fsp3) is 0.478. The van der Waals surface area contributed by atoms with Gasteiger partial charge in [0.1, 0.15) is 17.3 Å². The lowest BCUT2D eigenvalue weighted by atomic mass is 9.83. The summed E-state index contributed by atoms with van der Waals surface area (Å²) in [6.07, 6.45) is 2.35. The van der Waals surface area contributed by atoms with Gasteiger partial charge in [0.2, 0.25) is 0 Å². The van der Waals surface area contributed by atoms with Crippen LogP contribution in [0.15, 0.2) is 48.5 Å². The highest BCUT2D eigenvalue weighted by Gasteiger charge is 2.50. The molecular weight excluding hydrogens is 341 g/mol. The summed E-state index contributed by atoms with van der Waals surface area (Å²) in [5, 5.41) is 9.47. The number of hydrogen-bond donors (Lipinski definition) is 1. The number of hydrogen-bond acceptors (Lipinski definition) is 3. The average molecular weight is 369 g/mol. The third kappa shape index (κ3) is 3.96. The number of fused-ring (bicyclic) bond motifs is 1. The number of ether oxygens (including phenoxy) is 1. The van der Waals surface area contributed by atoms with Crippen molar-refractivity contribution in [1.29, 1.82) is 0 Å². The number of likely N-dealkylation sites (tertiary alicyclic amines) is 1. The molecule has 2 fully saturated rings. The molecule has 2 aromatic rings. The number of benzene rings is 2. The van der Waals surface area contributed by atoms with Gasteiger partial charge in [-0.05, 0) is 72.1 Å². The van der Waals surface area contributed by atoms with E-state index in [9.17, 15) is 9.50 Å². The monoisotopic (exact) mass is 369 g/mol. The van der Waals surface area contributed by atoms with Crippen LogP contribution in [-0.2, 0) is 0 Å². The van der Waals surface area contributed by atoms with Crippen LogP contribution in [0.5, 0.6) is 11.5 Å². The summed E-state index contributed by atoms with van der Waals surface area (Å²) in [5.41, 5.74) is 1.56. The van der Waals surface area contributed by atoms with Gasteiger partial charge in [-0.15, -0.1) is 0 Å². The lowest BCUT2D eigenvalue weighted by Gasteiger charge is -2.26. The van der Waals surface area contributed by atoms with E-state index in [1.54, 1.807) is 24.3 Å². The summed E-state index contributed by atoms with van der Waals surface area (Å²) in [6, 6.07) is 13.9. The Balaban J connectivity index is 1.33. The van der Waals surface area contributed by atoms with Gasteiger partial charge in [0.25, 0.3) is 0 Å². The first-order chi connectivity index (χ1) is 12.9. The van der Waals surface area contributed by atoms with Gasteiger partial charge in [0.15, 0.2) is 0 Å². The number of phenolic OH excluding ortho intramolecular Hbond substituents is 1. The zero-order valence-electron chi connectivity index (χ0n) is 16.1. The number of rotatable bonds is 5. The van der Waals surface area contributed by atoms with Gasteiger partial charge in [-0.25, -0.2) is 4.39 Å². The number of halogens is 1. The largest absolute Gasteiger partial charge is 0.508 e. The lowest BCUT2D eigenvalue weighted by molar-refractivity contribution is 0.169. The summed E-state index contributed by atoms with van der Waals surface area (Å²) in [6.45, 7) is 7.89. The van der Waals surface area contributed by atoms with Gasteiger partial charge in [-0.1, -0.05) is 26.0 Å². The molecule has 4 rings (SSSR count). The maximum absolute atomic E-state index is 13.1. The molecule has 1 saturated carbocycles. The smallest absolute Gasteiger partial charge is 0.123 e.